The first-order valence-corrected chi connectivity index (χ1v) is 12.7. The number of nitrogens with zero attached hydrogens (tertiary/aromatic N) is 5. The molecule has 200 valence electrons. The van der Waals surface area contributed by atoms with Crippen LogP contribution in [0.4, 0.5) is 36.5 Å². The van der Waals surface area contributed by atoms with Crippen LogP contribution in [0.25, 0.3) is 11.1 Å². The molecule has 1 aromatic heterocycles. The number of rotatable bonds is 6. The van der Waals surface area contributed by atoms with Crippen LogP contribution < -0.4 is 20.4 Å². The number of carbonyl (C=O) groups excluding carboxylic acids is 2. The van der Waals surface area contributed by atoms with E-state index in [2.05, 4.69) is 15.6 Å². The molecular formula is C27H24ClF2N7O2. The number of nitriles is 1. The van der Waals surface area contributed by atoms with Gasteiger partial charge in [-0.3, -0.25) is 19.5 Å². The number of urea groups is 1. The van der Waals surface area contributed by atoms with E-state index in [0.717, 1.165) is 17.0 Å². The van der Waals surface area contributed by atoms with Crippen LogP contribution in [-0.4, -0.2) is 61.1 Å². The van der Waals surface area contributed by atoms with Crippen molar-refractivity contribution in [3.05, 3.63) is 64.8 Å². The summed E-state index contributed by atoms with van der Waals surface area (Å²) in [7, 11) is 0. The summed E-state index contributed by atoms with van der Waals surface area (Å²) in [5.74, 6) is -1.72. The van der Waals surface area contributed by atoms with Crippen LogP contribution in [-0.2, 0) is 4.79 Å². The van der Waals surface area contributed by atoms with Gasteiger partial charge in [-0.15, -0.1) is 0 Å². The predicted molar refractivity (Wildman–Crippen MR) is 144 cm³/mol. The van der Waals surface area contributed by atoms with Crippen molar-refractivity contribution < 1.29 is 18.4 Å². The summed E-state index contributed by atoms with van der Waals surface area (Å²) in [5.41, 5.74) is 0.875. The van der Waals surface area contributed by atoms with Crippen molar-refractivity contribution >= 4 is 46.4 Å². The number of aromatic nitrogens is 1. The van der Waals surface area contributed by atoms with Gasteiger partial charge in [0.1, 0.15) is 11.5 Å². The molecule has 3 aromatic rings. The van der Waals surface area contributed by atoms with E-state index in [1.165, 1.54) is 17.2 Å². The van der Waals surface area contributed by atoms with Crippen LogP contribution in [0.2, 0.25) is 5.02 Å². The van der Waals surface area contributed by atoms with Crippen molar-refractivity contribution in [1.29, 1.82) is 5.26 Å². The molecule has 5 rings (SSSR count). The molecule has 3 heterocycles. The highest BCUT2D eigenvalue weighted by atomic mass is 35.5. The number of fused-ring (bicyclic) bond motifs is 3. The number of benzene rings is 2. The molecule has 9 nitrogen and oxygen atoms in total. The normalized spacial score (nSPS) is 15.3. The molecule has 0 bridgehead atoms. The molecule has 1 saturated heterocycles. The van der Waals surface area contributed by atoms with Crippen molar-refractivity contribution in [2.75, 3.05) is 54.4 Å². The first-order chi connectivity index (χ1) is 18.8. The van der Waals surface area contributed by atoms with E-state index in [0.29, 0.717) is 42.3 Å². The summed E-state index contributed by atoms with van der Waals surface area (Å²) in [6.45, 7) is 4.25. The van der Waals surface area contributed by atoms with Gasteiger partial charge in [-0.1, -0.05) is 17.7 Å². The molecule has 1 fully saturated rings. The molecule has 12 heteroatoms. The van der Waals surface area contributed by atoms with Gasteiger partial charge in [0.2, 0.25) is 5.91 Å². The van der Waals surface area contributed by atoms with Gasteiger partial charge in [-0.25, -0.2) is 18.6 Å². The average molecular weight is 552 g/mol. The molecule has 0 atom stereocenters. The van der Waals surface area contributed by atoms with Gasteiger partial charge < -0.3 is 10.6 Å². The topological polar surface area (TPSA) is 105 Å². The van der Waals surface area contributed by atoms with Gasteiger partial charge in [0.05, 0.1) is 28.9 Å². The Bertz CT molecular complexity index is 1490. The minimum Gasteiger partial charge on any atom is -0.384 e. The number of hydrogen-bond donors (Lipinski definition) is 2. The molecule has 3 amide bonds. The Balaban J connectivity index is 1.54. The number of carbonyl (C=O) groups is 2. The quantitative estimate of drug-likeness (QED) is 0.468. The molecular weight excluding hydrogens is 528 g/mol. The summed E-state index contributed by atoms with van der Waals surface area (Å²) in [4.78, 5) is 33.9. The zero-order valence-corrected chi connectivity index (χ0v) is 21.7. The standard InChI is InChI=1S/C27H24ClF2N7O2/c1-2-36-26-20(10-17(28)14-34-26)19-4-3-16(13-31)9-23(19)37(27(36)39)25-21(29)11-18(12-22(25)30)32-5-7-35-8-6-33-24(38)15-35/h3-4,9-12,14,32H,2,5-8,15H2,1H3,(H,33,38). The summed E-state index contributed by atoms with van der Waals surface area (Å²) < 4.78 is 31.4. The molecule has 2 aliphatic heterocycles. The Hall–Kier alpha value is -4.27. The number of nitrogens with one attached hydrogen (secondary N) is 2. The maximum absolute atomic E-state index is 15.7. The highest BCUT2D eigenvalue weighted by Gasteiger charge is 2.36. The molecule has 0 unspecified atom stereocenters. The smallest absolute Gasteiger partial charge is 0.334 e. The average Bonchev–Trinajstić information content (AvgIpc) is 3.00. The maximum atomic E-state index is 15.7. The van der Waals surface area contributed by atoms with E-state index < -0.39 is 23.4 Å². The maximum Gasteiger partial charge on any atom is 0.334 e. The Morgan fingerprint density at radius 1 is 1.15 bits per heavy atom. The van der Waals surface area contributed by atoms with E-state index in [1.807, 2.05) is 11.0 Å². The Morgan fingerprint density at radius 3 is 2.62 bits per heavy atom. The van der Waals surface area contributed by atoms with Gasteiger partial charge in [0, 0.05) is 55.7 Å². The molecule has 2 aliphatic rings. The highest BCUT2D eigenvalue weighted by molar-refractivity contribution is 6.31. The number of piperazine rings is 1. The zero-order chi connectivity index (χ0) is 27.7. The fraction of sp³-hybridized carbons (Fsp3) is 0.259. The Labute approximate surface area is 228 Å². The van der Waals surface area contributed by atoms with Crippen LogP contribution in [0.5, 0.6) is 0 Å². The van der Waals surface area contributed by atoms with E-state index in [9.17, 15) is 14.9 Å². The molecule has 39 heavy (non-hydrogen) atoms. The monoisotopic (exact) mass is 551 g/mol. The van der Waals surface area contributed by atoms with E-state index in [4.69, 9.17) is 11.6 Å². The van der Waals surface area contributed by atoms with E-state index in [1.54, 1.807) is 25.1 Å². The van der Waals surface area contributed by atoms with E-state index in [-0.39, 0.29) is 41.8 Å². The van der Waals surface area contributed by atoms with Crippen LogP contribution in [0.15, 0.2) is 42.6 Å². The van der Waals surface area contributed by atoms with Crippen molar-refractivity contribution in [1.82, 2.24) is 15.2 Å². The van der Waals surface area contributed by atoms with Crippen molar-refractivity contribution in [2.24, 2.45) is 0 Å². The second-order valence-corrected chi connectivity index (χ2v) is 9.51. The van der Waals surface area contributed by atoms with Crippen LogP contribution >= 0.6 is 11.6 Å². The summed E-state index contributed by atoms with van der Waals surface area (Å²) >= 11 is 6.22. The van der Waals surface area contributed by atoms with Gasteiger partial charge in [0.15, 0.2) is 11.6 Å². The molecule has 0 saturated carbocycles. The van der Waals surface area contributed by atoms with Crippen molar-refractivity contribution in [3.63, 3.8) is 0 Å². The second kappa shape index (κ2) is 10.8. The third kappa shape index (κ3) is 5.08. The molecule has 0 radical (unpaired) electrons. The largest absolute Gasteiger partial charge is 0.384 e. The molecule has 2 N–H and O–H groups in total. The Morgan fingerprint density at radius 2 is 1.92 bits per heavy atom. The number of anilines is 4. The van der Waals surface area contributed by atoms with E-state index >= 15 is 8.78 Å². The summed E-state index contributed by atoms with van der Waals surface area (Å²) in [5, 5.41) is 15.6. The molecule has 0 spiro atoms. The third-order valence-electron chi connectivity index (χ3n) is 6.60. The number of amides is 3. The minimum atomic E-state index is -0.968. The highest BCUT2D eigenvalue weighted by Crippen LogP contribution is 2.45. The zero-order valence-electron chi connectivity index (χ0n) is 21.0. The first kappa shape index (κ1) is 26.3. The number of halogens is 3. The SMILES string of the molecule is CCN1C(=O)N(c2c(F)cc(NCCN3CCNC(=O)C3)cc2F)c2cc(C#N)ccc2-c2cc(Cl)cnc21. The van der Waals surface area contributed by atoms with Gasteiger partial charge in [-0.2, -0.15) is 5.26 Å². The Kier molecular flexibility index (Phi) is 7.32. The fourth-order valence-electron chi connectivity index (χ4n) is 4.80. The second-order valence-electron chi connectivity index (χ2n) is 9.07. The summed E-state index contributed by atoms with van der Waals surface area (Å²) in [6.07, 6.45) is 1.40. The van der Waals surface area contributed by atoms with Gasteiger partial charge in [-0.05, 0) is 37.3 Å². The molecule has 0 aliphatic carbocycles. The van der Waals surface area contributed by atoms with Crippen LogP contribution in [0.1, 0.15) is 12.5 Å². The number of hydrogen-bond acceptors (Lipinski definition) is 6. The van der Waals surface area contributed by atoms with Gasteiger partial charge in [0.25, 0.3) is 0 Å². The predicted octanol–water partition coefficient (Wildman–Crippen LogP) is 4.49. The first-order valence-electron chi connectivity index (χ1n) is 12.3. The fourth-order valence-corrected chi connectivity index (χ4v) is 4.95. The lowest BCUT2D eigenvalue weighted by Gasteiger charge is -2.28. The molecule has 2 aromatic carbocycles. The number of pyridine rings is 1. The van der Waals surface area contributed by atoms with Crippen molar-refractivity contribution in [3.8, 4) is 17.2 Å². The summed E-state index contributed by atoms with van der Waals surface area (Å²) in [6, 6.07) is 9.72. The lowest BCUT2D eigenvalue weighted by molar-refractivity contribution is -0.124. The van der Waals surface area contributed by atoms with Crippen molar-refractivity contribution in [2.45, 2.75) is 6.92 Å². The van der Waals surface area contributed by atoms with Gasteiger partial charge >= 0.3 is 6.03 Å². The minimum absolute atomic E-state index is 0.0645. The lowest BCUT2D eigenvalue weighted by Crippen LogP contribution is -2.48. The van der Waals surface area contributed by atoms with Crippen LogP contribution in [0.3, 0.4) is 0 Å². The van der Waals surface area contributed by atoms with Crippen LogP contribution in [0, 0.1) is 23.0 Å². The third-order valence-corrected chi connectivity index (χ3v) is 6.81. The lowest BCUT2D eigenvalue weighted by atomic mass is 10.0.